The maximum atomic E-state index is 12.6. The first-order chi connectivity index (χ1) is 7.78. The number of hydrogen-bond donors (Lipinski definition) is 0. The minimum absolute atomic E-state index is 0.139. The molecule has 0 N–H and O–H groups in total. The van der Waals surface area contributed by atoms with Gasteiger partial charge in [-0.2, -0.15) is 0 Å². The van der Waals surface area contributed by atoms with Crippen LogP contribution in [-0.4, -0.2) is 5.78 Å². The molecule has 0 aromatic heterocycles. The lowest BCUT2D eigenvalue weighted by Gasteiger charge is -2.37. The first-order valence-corrected chi connectivity index (χ1v) is 6.96. The van der Waals surface area contributed by atoms with E-state index in [0.717, 1.165) is 25.7 Å². The largest absolute Gasteiger partial charge is 0.298 e. The fraction of sp³-hybridized carbons (Fsp3) is 0.800. The van der Waals surface area contributed by atoms with Crippen LogP contribution in [0.4, 0.5) is 0 Å². The fourth-order valence-corrected chi connectivity index (χ4v) is 3.51. The topological polar surface area (TPSA) is 17.1 Å². The molecule has 2 aliphatic carbocycles. The van der Waals surface area contributed by atoms with Gasteiger partial charge in [-0.3, -0.25) is 4.79 Å². The highest BCUT2D eigenvalue weighted by Gasteiger charge is 2.40. The molecule has 2 aliphatic rings. The Kier molecular flexibility index (Phi) is 3.83. The highest BCUT2D eigenvalue weighted by atomic mass is 16.1. The molecule has 0 atom stereocenters. The van der Waals surface area contributed by atoms with E-state index < -0.39 is 0 Å². The van der Waals surface area contributed by atoms with Gasteiger partial charge in [-0.25, -0.2) is 0 Å². The Balaban J connectivity index is 2.07. The smallest absolute Gasteiger partial charge is 0.145 e. The molecule has 0 heterocycles. The fourth-order valence-electron chi connectivity index (χ4n) is 3.51. The molecule has 0 bridgehead atoms. The van der Waals surface area contributed by atoms with Gasteiger partial charge in [-0.05, 0) is 25.7 Å². The van der Waals surface area contributed by atoms with E-state index >= 15 is 0 Å². The van der Waals surface area contributed by atoms with Crippen LogP contribution in [-0.2, 0) is 4.79 Å². The molecule has 0 aromatic carbocycles. The number of ketones is 1. The van der Waals surface area contributed by atoms with Crippen LogP contribution in [0, 0.1) is 11.3 Å². The predicted octanol–water partition coefficient (Wildman–Crippen LogP) is 4.27. The number of rotatable bonds is 3. The Hall–Kier alpha value is -0.590. The summed E-state index contributed by atoms with van der Waals surface area (Å²) in [5.74, 6) is 0.881. The van der Waals surface area contributed by atoms with Crippen molar-refractivity contribution < 1.29 is 4.79 Å². The summed E-state index contributed by atoms with van der Waals surface area (Å²) in [5, 5.41) is 0. The van der Waals surface area contributed by atoms with Gasteiger partial charge >= 0.3 is 0 Å². The zero-order valence-electron chi connectivity index (χ0n) is 10.3. The van der Waals surface area contributed by atoms with Crippen molar-refractivity contribution in [3.05, 3.63) is 12.7 Å². The minimum atomic E-state index is -0.139. The van der Waals surface area contributed by atoms with Crippen molar-refractivity contribution in [1.82, 2.24) is 0 Å². The number of allylic oxidation sites excluding steroid dienone is 1. The van der Waals surface area contributed by atoms with E-state index in [9.17, 15) is 4.79 Å². The Labute approximate surface area is 99.3 Å². The summed E-state index contributed by atoms with van der Waals surface area (Å²) in [6.45, 7) is 3.95. The Bertz CT molecular complexity index is 255. The van der Waals surface area contributed by atoms with Crippen molar-refractivity contribution in [3.63, 3.8) is 0 Å². The molecule has 0 radical (unpaired) electrons. The van der Waals surface area contributed by atoms with Crippen LogP contribution < -0.4 is 0 Å². The average Bonchev–Trinajstić information content (AvgIpc) is 2.39. The van der Waals surface area contributed by atoms with E-state index in [1.807, 2.05) is 6.08 Å². The van der Waals surface area contributed by atoms with Gasteiger partial charge < -0.3 is 0 Å². The number of carbonyl (C=O) groups is 1. The SMILES string of the molecule is C=CC1(C(=O)C2CCCCC2)CCCCC1. The summed E-state index contributed by atoms with van der Waals surface area (Å²) in [6, 6.07) is 0. The summed E-state index contributed by atoms with van der Waals surface area (Å²) < 4.78 is 0. The second kappa shape index (κ2) is 5.16. The quantitative estimate of drug-likeness (QED) is 0.649. The van der Waals surface area contributed by atoms with E-state index in [4.69, 9.17) is 0 Å². The Morgan fingerprint density at radius 2 is 1.56 bits per heavy atom. The maximum absolute atomic E-state index is 12.6. The molecular weight excluding hydrogens is 196 g/mol. The molecule has 0 spiro atoms. The summed E-state index contributed by atoms with van der Waals surface area (Å²) in [7, 11) is 0. The molecule has 1 heteroatoms. The minimum Gasteiger partial charge on any atom is -0.298 e. The van der Waals surface area contributed by atoms with Crippen molar-refractivity contribution in [2.24, 2.45) is 11.3 Å². The zero-order chi connectivity index (χ0) is 11.4. The summed E-state index contributed by atoms with van der Waals surface area (Å²) in [6.07, 6.45) is 13.9. The van der Waals surface area contributed by atoms with Crippen LogP contribution in [0.3, 0.4) is 0 Å². The number of Topliss-reactive ketones (excluding diaryl/α,β-unsaturated/α-hetero) is 1. The van der Waals surface area contributed by atoms with E-state index in [0.29, 0.717) is 11.7 Å². The Morgan fingerprint density at radius 1 is 1.00 bits per heavy atom. The van der Waals surface area contributed by atoms with Crippen LogP contribution >= 0.6 is 0 Å². The molecule has 0 saturated heterocycles. The molecule has 0 aromatic rings. The third kappa shape index (κ3) is 2.23. The summed E-state index contributed by atoms with van der Waals surface area (Å²) >= 11 is 0. The highest BCUT2D eigenvalue weighted by molar-refractivity contribution is 5.88. The highest BCUT2D eigenvalue weighted by Crippen LogP contribution is 2.42. The van der Waals surface area contributed by atoms with Crippen molar-refractivity contribution >= 4 is 5.78 Å². The molecule has 0 amide bonds. The molecule has 2 fully saturated rings. The van der Waals surface area contributed by atoms with Crippen LogP contribution in [0.5, 0.6) is 0 Å². The molecule has 2 rings (SSSR count). The number of carbonyl (C=O) groups excluding carboxylic acids is 1. The maximum Gasteiger partial charge on any atom is 0.145 e. The van der Waals surface area contributed by atoms with Crippen LogP contribution in [0.25, 0.3) is 0 Å². The monoisotopic (exact) mass is 220 g/mol. The summed E-state index contributed by atoms with van der Waals surface area (Å²) in [5.41, 5.74) is -0.139. The molecule has 90 valence electrons. The van der Waals surface area contributed by atoms with E-state index in [-0.39, 0.29) is 5.41 Å². The van der Waals surface area contributed by atoms with Crippen LogP contribution in [0.2, 0.25) is 0 Å². The first kappa shape index (κ1) is 11.9. The lowest BCUT2D eigenvalue weighted by molar-refractivity contribution is -0.132. The van der Waals surface area contributed by atoms with Crippen molar-refractivity contribution in [2.45, 2.75) is 64.2 Å². The van der Waals surface area contributed by atoms with Gasteiger partial charge in [0.1, 0.15) is 5.78 Å². The molecular formula is C15H24O. The lowest BCUT2D eigenvalue weighted by atomic mass is 9.66. The van der Waals surface area contributed by atoms with Gasteiger partial charge in [0, 0.05) is 11.3 Å². The molecule has 0 aliphatic heterocycles. The normalized spacial score (nSPS) is 26.2. The van der Waals surface area contributed by atoms with Gasteiger partial charge in [-0.15, -0.1) is 6.58 Å². The molecule has 2 saturated carbocycles. The van der Waals surface area contributed by atoms with Gasteiger partial charge in [-0.1, -0.05) is 44.6 Å². The molecule has 0 unspecified atom stereocenters. The number of hydrogen-bond acceptors (Lipinski definition) is 1. The van der Waals surface area contributed by atoms with Gasteiger partial charge in [0.05, 0.1) is 0 Å². The summed E-state index contributed by atoms with van der Waals surface area (Å²) in [4.78, 5) is 12.6. The zero-order valence-corrected chi connectivity index (χ0v) is 10.3. The van der Waals surface area contributed by atoms with Crippen molar-refractivity contribution in [3.8, 4) is 0 Å². The first-order valence-electron chi connectivity index (χ1n) is 6.96. The lowest BCUT2D eigenvalue weighted by Crippen LogP contribution is -2.37. The standard InChI is InChI=1S/C15H24O/c1-2-15(11-7-4-8-12-15)14(16)13-9-5-3-6-10-13/h2,13H,1,3-12H2. The van der Waals surface area contributed by atoms with Crippen LogP contribution in [0.1, 0.15) is 64.2 Å². The molecule has 16 heavy (non-hydrogen) atoms. The van der Waals surface area contributed by atoms with Crippen molar-refractivity contribution in [2.75, 3.05) is 0 Å². The second-order valence-electron chi connectivity index (χ2n) is 5.62. The molecule has 1 nitrogen and oxygen atoms in total. The third-order valence-electron chi connectivity index (χ3n) is 4.60. The second-order valence-corrected chi connectivity index (χ2v) is 5.62. The average molecular weight is 220 g/mol. The van der Waals surface area contributed by atoms with Crippen molar-refractivity contribution in [1.29, 1.82) is 0 Å². The third-order valence-corrected chi connectivity index (χ3v) is 4.60. The van der Waals surface area contributed by atoms with Gasteiger partial charge in [0.15, 0.2) is 0 Å². The van der Waals surface area contributed by atoms with E-state index in [2.05, 4.69) is 6.58 Å². The Morgan fingerprint density at radius 3 is 2.12 bits per heavy atom. The van der Waals surface area contributed by atoms with E-state index in [1.54, 1.807) is 0 Å². The van der Waals surface area contributed by atoms with Gasteiger partial charge in [0.25, 0.3) is 0 Å². The van der Waals surface area contributed by atoms with Gasteiger partial charge in [0.2, 0.25) is 0 Å². The van der Waals surface area contributed by atoms with Crippen LogP contribution in [0.15, 0.2) is 12.7 Å². The predicted molar refractivity (Wildman–Crippen MR) is 67.3 cm³/mol. The van der Waals surface area contributed by atoms with E-state index in [1.165, 1.54) is 38.5 Å².